The Morgan fingerprint density at radius 2 is 1.88 bits per heavy atom. The maximum atomic E-state index is 12.1. The van der Waals surface area contributed by atoms with Crippen LogP contribution >= 0.6 is 0 Å². The van der Waals surface area contributed by atoms with Gasteiger partial charge in [0.15, 0.2) is 5.96 Å². The van der Waals surface area contributed by atoms with Crippen molar-refractivity contribution in [3.8, 4) is 0 Å². The summed E-state index contributed by atoms with van der Waals surface area (Å²) in [5.41, 5.74) is 0. The van der Waals surface area contributed by atoms with Gasteiger partial charge in [0.1, 0.15) is 0 Å². The van der Waals surface area contributed by atoms with E-state index >= 15 is 0 Å². The molecule has 0 saturated heterocycles. The molecule has 5 nitrogen and oxygen atoms in total. The van der Waals surface area contributed by atoms with Gasteiger partial charge in [0.05, 0.1) is 0 Å². The maximum absolute atomic E-state index is 12.1. The van der Waals surface area contributed by atoms with Crippen molar-refractivity contribution in [2.45, 2.75) is 76.0 Å². The minimum absolute atomic E-state index is 0.358. The number of aliphatic imine (C=N–C) groups is 1. The summed E-state index contributed by atoms with van der Waals surface area (Å²) in [5, 5.41) is 7.33. The molecule has 0 aromatic carbocycles. The molecule has 0 spiro atoms. The fraction of sp³-hybridized carbons (Fsp3) is 0.947. The smallest absolute Gasteiger partial charge is 0.191 e. The van der Waals surface area contributed by atoms with Gasteiger partial charge in [-0.25, -0.2) is 0 Å². The Bertz CT molecular complexity index is 401. The van der Waals surface area contributed by atoms with Crippen LogP contribution < -0.4 is 10.6 Å². The van der Waals surface area contributed by atoms with Crippen LogP contribution in [0, 0.1) is 0 Å². The molecule has 6 heteroatoms. The zero-order valence-electron chi connectivity index (χ0n) is 16.9. The topological polar surface area (TPSA) is 56.7 Å². The number of nitrogens with one attached hydrogen (secondary N) is 2. The van der Waals surface area contributed by atoms with Crippen LogP contribution in [-0.2, 0) is 10.8 Å². The Balaban J connectivity index is 2.15. The van der Waals surface area contributed by atoms with E-state index in [1.807, 2.05) is 14.0 Å². The molecule has 3 unspecified atom stereocenters. The van der Waals surface area contributed by atoms with Crippen LogP contribution in [0.25, 0.3) is 0 Å². The third-order valence-electron chi connectivity index (χ3n) is 4.92. The lowest BCUT2D eigenvalue weighted by Crippen LogP contribution is -2.46. The fourth-order valence-corrected chi connectivity index (χ4v) is 4.78. The highest BCUT2D eigenvalue weighted by Crippen LogP contribution is 2.22. The number of hydrogen-bond acceptors (Lipinski definition) is 3. The van der Waals surface area contributed by atoms with Gasteiger partial charge in [-0.3, -0.25) is 9.20 Å². The lowest BCUT2D eigenvalue weighted by atomic mass is 9.95. The quantitative estimate of drug-likeness (QED) is 0.333. The van der Waals surface area contributed by atoms with Crippen molar-refractivity contribution < 1.29 is 4.21 Å². The van der Waals surface area contributed by atoms with E-state index in [2.05, 4.69) is 34.6 Å². The molecule has 148 valence electrons. The molecule has 1 aliphatic carbocycles. The summed E-state index contributed by atoms with van der Waals surface area (Å²) >= 11 is 0. The molecule has 2 N–H and O–H groups in total. The molecule has 0 amide bonds. The third-order valence-corrected chi connectivity index (χ3v) is 6.66. The summed E-state index contributed by atoms with van der Waals surface area (Å²) in [7, 11) is 5.44. The normalized spacial score (nSPS) is 22.8. The van der Waals surface area contributed by atoms with Gasteiger partial charge in [0.25, 0.3) is 0 Å². The number of unbranched alkanes of at least 4 members (excludes halogenated alkanes) is 4. The van der Waals surface area contributed by atoms with Gasteiger partial charge in [-0.1, -0.05) is 32.6 Å². The maximum Gasteiger partial charge on any atom is 0.191 e. The van der Waals surface area contributed by atoms with Crippen molar-refractivity contribution in [3.63, 3.8) is 0 Å². The number of hydrogen-bond donors (Lipinski definition) is 2. The number of rotatable bonds is 11. The molecule has 1 fully saturated rings. The predicted octanol–water partition coefficient (Wildman–Crippen LogP) is 2.74. The largest absolute Gasteiger partial charge is 0.356 e. The van der Waals surface area contributed by atoms with E-state index in [0.29, 0.717) is 11.3 Å². The second-order valence-electron chi connectivity index (χ2n) is 7.37. The minimum Gasteiger partial charge on any atom is -0.356 e. The van der Waals surface area contributed by atoms with Crippen LogP contribution in [0.1, 0.15) is 64.7 Å². The molecule has 3 atom stereocenters. The van der Waals surface area contributed by atoms with E-state index in [0.717, 1.165) is 43.9 Å². The molecule has 0 aromatic heterocycles. The molecule has 0 bridgehead atoms. The highest BCUT2D eigenvalue weighted by atomic mass is 32.2. The van der Waals surface area contributed by atoms with E-state index in [1.54, 1.807) is 0 Å². The van der Waals surface area contributed by atoms with Crippen molar-refractivity contribution in [1.82, 2.24) is 15.5 Å². The van der Waals surface area contributed by atoms with Crippen LogP contribution in [0.3, 0.4) is 0 Å². The molecular formula is C19H40N4OS. The van der Waals surface area contributed by atoms with Crippen LogP contribution in [0.5, 0.6) is 0 Å². The molecule has 1 saturated carbocycles. The molecule has 1 aliphatic rings. The predicted molar refractivity (Wildman–Crippen MR) is 111 cm³/mol. The van der Waals surface area contributed by atoms with Crippen molar-refractivity contribution in [1.29, 1.82) is 0 Å². The molecule has 1 rings (SSSR count). The number of guanidine groups is 1. The SMILES string of the molecule is CCS(=O)C1CCCC(NC(=NC)NCCCCCCCN(C)C)C1. The van der Waals surface area contributed by atoms with Gasteiger partial charge < -0.3 is 15.5 Å². The van der Waals surface area contributed by atoms with E-state index in [-0.39, 0.29) is 0 Å². The number of nitrogens with zero attached hydrogens (tertiary/aromatic N) is 2. The monoisotopic (exact) mass is 372 g/mol. The van der Waals surface area contributed by atoms with E-state index < -0.39 is 10.8 Å². The first-order valence-electron chi connectivity index (χ1n) is 10.1. The second-order valence-corrected chi connectivity index (χ2v) is 9.37. The molecule has 0 heterocycles. The Labute approximate surface area is 157 Å². The van der Waals surface area contributed by atoms with Gasteiger partial charge >= 0.3 is 0 Å². The first-order chi connectivity index (χ1) is 12.1. The highest BCUT2D eigenvalue weighted by Gasteiger charge is 2.25. The molecule has 0 aliphatic heterocycles. The standard InChI is InChI=1S/C19H40N4OS/c1-5-25(24)18-13-11-12-17(16-18)22-19(20-2)21-14-9-7-6-8-10-15-23(3)4/h17-18H,5-16H2,1-4H3,(H2,20,21,22). The lowest BCUT2D eigenvalue weighted by molar-refractivity contribution is 0.389. The van der Waals surface area contributed by atoms with Crippen LogP contribution in [0.15, 0.2) is 4.99 Å². The Morgan fingerprint density at radius 1 is 1.16 bits per heavy atom. The average molecular weight is 373 g/mol. The van der Waals surface area contributed by atoms with E-state index in [4.69, 9.17) is 0 Å². The van der Waals surface area contributed by atoms with Crippen LogP contribution in [-0.4, -0.2) is 66.3 Å². The van der Waals surface area contributed by atoms with Crippen LogP contribution in [0.4, 0.5) is 0 Å². The van der Waals surface area contributed by atoms with Crippen molar-refractivity contribution in [2.24, 2.45) is 4.99 Å². The van der Waals surface area contributed by atoms with Gasteiger partial charge in [-0.15, -0.1) is 0 Å². The summed E-state index contributed by atoms with van der Waals surface area (Å²) in [4.78, 5) is 6.60. The zero-order chi connectivity index (χ0) is 18.5. The Hall–Kier alpha value is -0.620. The first-order valence-corrected chi connectivity index (χ1v) is 11.4. The van der Waals surface area contributed by atoms with Crippen LogP contribution in [0.2, 0.25) is 0 Å². The average Bonchev–Trinajstić information content (AvgIpc) is 2.62. The summed E-state index contributed by atoms with van der Waals surface area (Å²) in [5.74, 6) is 1.68. The summed E-state index contributed by atoms with van der Waals surface area (Å²) < 4.78 is 12.1. The van der Waals surface area contributed by atoms with Crippen molar-refractivity contribution >= 4 is 16.8 Å². The zero-order valence-corrected chi connectivity index (χ0v) is 17.7. The third kappa shape index (κ3) is 10.2. The van der Waals surface area contributed by atoms with Gasteiger partial charge in [-0.2, -0.15) is 0 Å². The van der Waals surface area contributed by atoms with E-state index in [1.165, 1.54) is 38.6 Å². The first kappa shape index (κ1) is 22.4. The molecule has 0 radical (unpaired) electrons. The minimum atomic E-state index is -0.668. The Morgan fingerprint density at radius 3 is 2.56 bits per heavy atom. The summed E-state index contributed by atoms with van der Waals surface area (Å²) in [6, 6.07) is 0.409. The summed E-state index contributed by atoms with van der Waals surface area (Å²) in [6.45, 7) is 4.19. The van der Waals surface area contributed by atoms with Crippen molar-refractivity contribution in [3.05, 3.63) is 0 Å². The van der Waals surface area contributed by atoms with Crippen molar-refractivity contribution in [2.75, 3.05) is 40.0 Å². The Kier molecular flexibility index (Phi) is 12.2. The van der Waals surface area contributed by atoms with Gasteiger partial charge in [0.2, 0.25) is 0 Å². The van der Waals surface area contributed by atoms with E-state index in [9.17, 15) is 4.21 Å². The van der Waals surface area contributed by atoms with Gasteiger partial charge in [-0.05, 0) is 52.7 Å². The fourth-order valence-electron chi connectivity index (χ4n) is 3.43. The lowest BCUT2D eigenvalue weighted by Gasteiger charge is -2.30. The summed E-state index contributed by atoms with van der Waals surface area (Å²) in [6.07, 6.45) is 10.8. The molecule has 25 heavy (non-hydrogen) atoms. The molecular weight excluding hydrogens is 332 g/mol. The molecule has 0 aromatic rings. The van der Waals surface area contributed by atoms with Gasteiger partial charge in [0, 0.05) is 41.4 Å². The second kappa shape index (κ2) is 13.6. The highest BCUT2D eigenvalue weighted by molar-refractivity contribution is 7.85.